The van der Waals surface area contributed by atoms with Gasteiger partial charge >= 0.3 is 5.69 Å². The molecule has 0 aromatic heterocycles. The maximum atomic E-state index is 13.1. The fraction of sp³-hybridized carbons (Fsp3) is 0.500. The van der Waals surface area contributed by atoms with Crippen molar-refractivity contribution in [2.24, 2.45) is 0 Å². The first-order valence-corrected chi connectivity index (χ1v) is 6.72. The Bertz CT molecular complexity index is 442. The molecule has 106 valence electrons. The van der Waals surface area contributed by atoms with E-state index in [-0.39, 0.29) is 22.5 Å². The summed E-state index contributed by atoms with van der Waals surface area (Å²) in [5.41, 5.74) is -0.387. The lowest BCUT2D eigenvalue weighted by Crippen LogP contribution is -2.02. The Morgan fingerprint density at radius 3 is 2.63 bits per heavy atom. The molecule has 1 aromatic carbocycles. The van der Waals surface area contributed by atoms with Crippen LogP contribution in [0, 0.1) is 15.9 Å². The molecule has 0 bridgehead atoms. The predicted molar refractivity (Wildman–Crippen MR) is 71.8 cm³/mol. The third-order valence-corrected chi connectivity index (χ3v) is 3.07. The van der Waals surface area contributed by atoms with Crippen molar-refractivity contribution >= 4 is 21.6 Å². The molecule has 0 amide bonds. The highest BCUT2D eigenvalue weighted by Gasteiger charge is 2.20. The van der Waals surface area contributed by atoms with Crippen LogP contribution in [0.4, 0.5) is 10.1 Å². The molecule has 0 saturated heterocycles. The summed E-state index contributed by atoms with van der Waals surface area (Å²) in [5, 5.41) is 19.4. The number of hydrogen-bond donors (Lipinski definition) is 1. The minimum atomic E-state index is -0.686. The van der Waals surface area contributed by atoms with Gasteiger partial charge in [-0.15, -0.1) is 0 Å². The highest BCUT2D eigenvalue weighted by Crippen LogP contribution is 2.36. The fourth-order valence-electron chi connectivity index (χ4n) is 1.57. The highest BCUT2D eigenvalue weighted by molar-refractivity contribution is 9.10. The van der Waals surface area contributed by atoms with Crippen molar-refractivity contribution in [3.63, 3.8) is 0 Å². The van der Waals surface area contributed by atoms with Gasteiger partial charge in [0.15, 0.2) is 0 Å². The van der Waals surface area contributed by atoms with Crippen LogP contribution in [0.25, 0.3) is 0 Å². The first-order valence-electron chi connectivity index (χ1n) is 5.93. The van der Waals surface area contributed by atoms with E-state index in [0.29, 0.717) is 6.61 Å². The van der Waals surface area contributed by atoms with Crippen molar-refractivity contribution in [2.45, 2.75) is 25.7 Å². The molecule has 0 spiro atoms. The van der Waals surface area contributed by atoms with E-state index in [4.69, 9.17) is 9.84 Å². The summed E-state index contributed by atoms with van der Waals surface area (Å²) in [6.07, 6.45) is 3.21. The predicted octanol–water partition coefficient (Wildman–Crippen LogP) is 3.43. The normalized spacial score (nSPS) is 10.5. The number of hydrogen-bond acceptors (Lipinski definition) is 4. The summed E-state index contributed by atoms with van der Waals surface area (Å²) in [4.78, 5) is 10.1. The van der Waals surface area contributed by atoms with Gasteiger partial charge in [-0.25, -0.2) is 4.39 Å². The molecule has 0 aliphatic heterocycles. The minimum absolute atomic E-state index is 0.0496. The number of nitro groups is 1. The molecular weight excluding hydrogens is 321 g/mol. The zero-order chi connectivity index (χ0) is 14.3. The van der Waals surface area contributed by atoms with Gasteiger partial charge in [0.1, 0.15) is 5.82 Å². The molecule has 0 atom stereocenters. The molecule has 1 N–H and O–H groups in total. The minimum Gasteiger partial charge on any atom is -0.486 e. The van der Waals surface area contributed by atoms with Crippen molar-refractivity contribution in [1.82, 2.24) is 0 Å². The Labute approximate surface area is 118 Å². The average molecular weight is 336 g/mol. The first-order chi connectivity index (χ1) is 9.06. The van der Waals surface area contributed by atoms with E-state index < -0.39 is 10.7 Å². The van der Waals surface area contributed by atoms with Crippen molar-refractivity contribution in [3.8, 4) is 5.75 Å². The molecule has 5 nitrogen and oxygen atoms in total. The van der Waals surface area contributed by atoms with Gasteiger partial charge in [0.05, 0.1) is 22.1 Å². The number of nitro benzene ring substituents is 1. The molecule has 19 heavy (non-hydrogen) atoms. The summed E-state index contributed by atoms with van der Waals surface area (Å²) in [6, 6.07) is 1.97. The molecule has 0 heterocycles. The van der Waals surface area contributed by atoms with Crippen LogP contribution in [0.3, 0.4) is 0 Å². The number of halogens is 2. The summed E-state index contributed by atoms with van der Waals surface area (Å²) in [7, 11) is 0. The Morgan fingerprint density at radius 1 is 1.32 bits per heavy atom. The monoisotopic (exact) mass is 335 g/mol. The van der Waals surface area contributed by atoms with Crippen molar-refractivity contribution < 1.29 is 19.2 Å². The first kappa shape index (κ1) is 15.8. The highest BCUT2D eigenvalue weighted by atomic mass is 79.9. The molecule has 0 aliphatic carbocycles. The van der Waals surface area contributed by atoms with Gasteiger partial charge < -0.3 is 9.84 Å². The SMILES string of the molecule is O=[N+]([O-])c1cc(F)cc(Br)c1OCCCCCCO. The van der Waals surface area contributed by atoms with Gasteiger partial charge in [-0.1, -0.05) is 6.42 Å². The van der Waals surface area contributed by atoms with Gasteiger partial charge in [0.25, 0.3) is 0 Å². The van der Waals surface area contributed by atoms with Crippen molar-refractivity contribution in [3.05, 3.63) is 32.5 Å². The van der Waals surface area contributed by atoms with Crippen LogP contribution in [0.15, 0.2) is 16.6 Å². The summed E-state index contributed by atoms with van der Waals surface area (Å²) >= 11 is 3.06. The summed E-state index contributed by atoms with van der Waals surface area (Å²) in [6.45, 7) is 0.479. The van der Waals surface area contributed by atoms with Crippen LogP contribution in [-0.2, 0) is 0 Å². The quantitative estimate of drug-likeness (QED) is 0.448. The maximum Gasteiger partial charge on any atom is 0.315 e. The van der Waals surface area contributed by atoms with Crippen LogP contribution in [0.5, 0.6) is 5.75 Å². The van der Waals surface area contributed by atoms with Gasteiger partial charge in [0.2, 0.25) is 5.75 Å². The lowest BCUT2D eigenvalue weighted by molar-refractivity contribution is -0.386. The van der Waals surface area contributed by atoms with E-state index >= 15 is 0 Å². The van der Waals surface area contributed by atoms with Crippen LogP contribution in [-0.4, -0.2) is 23.2 Å². The molecule has 0 radical (unpaired) electrons. The molecule has 0 saturated carbocycles. The van der Waals surface area contributed by atoms with E-state index in [1.165, 1.54) is 0 Å². The molecule has 0 aliphatic rings. The number of rotatable bonds is 8. The van der Waals surface area contributed by atoms with Gasteiger partial charge in [-0.2, -0.15) is 0 Å². The lowest BCUT2D eigenvalue weighted by atomic mass is 10.2. The number of aliphatic hydroxyl groups excluding tert-OH is 1. The van der Waals surface area contributed by atoms with E-state index in [1.54, 1.807) is 0 Å². The number of nitrogens with zero attached hydrogens (tertiary/aromatic N) is 1. The van der Waals surface area contributed by atoms with Gasteiger partial charge in [-0.05, 0) is 41.3 Å². The second-order valence-electron chi connectivity index (χ2n) is 3.98. The number of ether oxygens (including phenoxy) is 1. The molecule has 7 heteroatoms. The van der Waals surface area contributed by atoms with Crippen LogP contribution >= 0.6 is 15.9 Å². The third-order valence-electron chi connectivity index (χ3n) is 2.48. The largest absolute Gasteiger partial charge is 0.486 e. The second kappa shape index (κ2) is 8.06. The topological polar surface area (TPSA) is 72.6 Å². The van der Waals surface area contributed by atoms with Crippen LogP contribution in [0.1, 0.15) is 25.7 Å². The van der Waals surface area contributed by atoms with Gasteiger partial charge in [0, 0.05) is 6.61 Å². The third kappa shape index (κ3) is 5.12. The van der Waals surface area contributed by atoms with E-state index in [9.17, 15) is 14.5 Å². The Kier molecular flexibility index (Phi) is 6.72. The van der Waals surface area contributed by atoms with Gasteiger partial charge in [-0.3, -0.25) is 10.1 Å². The Hall–Kier alpha value is -1.21. The fourth-order valence-corrected chi connectivity index (χ4v) is 2.10. The smallest absolute Gasteiger partial charge is 0.315 e. The lowest BCUT2D eigenvalue weighted by Gasteiger charge is -2.08. The van der Waals surface area contributed by atoms with Crippen molar-refractivity contribution in [2.75, 3.05) is 13.2 Å². The van der Waals surface area contributed by atoms with Crippen molar-refractivity contribution in [1.29, 1.82) is 0 Å². The molecule has 1 rings (SSSR count). The maximum absolute atomic E-state index is 13.1. The zero-order valence-corrected chi connectivity index (χ0v) is 11.9. The van der Waals surface area contributed by atoms with E-state index in [0.717, 1.165) is 37.8 Å². The summed E-state index contributed by atoms with van der Waals surface area (Å²) < 4.78 is 18.7. The van der Waals surface area contributed by atoms with E-state index in [2.05, 4.69) is 15.9 Å². The summed E-state index contributed by atoms with van der Waals surface area (Å²) in [5.74, 6) is -0.637. The molecule has 1 aromatic rings. The zero-order valence-electron chi connectivity index (χ0n) is 10.3. The standard InChI is InChI=1S/C12H15BrFNO4/c13-10-7-9(14)8-11(15(17)18)12(10)19-6-4-2-1-3-5-16/h7-8,16H,1-6H2. The number of benzene rings is 1. The Balaban J connectivity index is 2.59. The molecule has 0 unspecified atom stereocenters. The Morgan fingerprint density at radius 2 is 2.00 bits per heavy atom. The van der Waals surface area contributed by atoms with Crippen LogP contribution < -0.4 is 4.74 Å². The molecule has 0 fully saturated rings. The van der Waals surface area contributed by atoms with Crippen LogP contribution in [0.2, 0.25) is 0 Å². The number of aliphatic hydroxyl groups is 1. The molecular formula is C12H15BrFNO4. The average Bonchev–Trinajstić information content (AvgIpc) is 2.34. The van der Waals surface area contributed by atoms with E-state index in [1.807, 2.05) is 0 Å². The second-order valence-corrected chi connectivity index (χ2v) is 4.83. The number of unbranched alkanes of at least 4 members (excludes halogenated alkanes) is 3.